The average molecular weight is 532 g/mol. The van der Waals surface area contributed by atoms with E-state index in [9.17, 15) is 4.39 Å². The third-order valence-electron chi connectivity index (χ3n) is 7.65. The van der Waals surface area contributed by atoms with Crippen molar-refractivity contribution in [2.75, 3.05) is 25.6 Å². The summed E-state index contributed by atoms with van der Waals surface area (Å²) in [5.74, 6) is 1.42. The summed E-state index contributed by atoms with van der Waals surface area (Å²) in [5.41, 5.74) is 10.5. The molecule has 2 N–H and O–H groups in total. The summed E-state index contributed by atoms with van der Waals surface area (Å²) in [7, 11) is 0. The molecule has 0 bridgehead atoms. The molecule has 3 heterocycles. The zero-order valence-corrected chi connectivity index (χ0v) is 23.3. The largest absolute Gasteiger partial charge is 0.493 e. The highest BCUT2D eigenvalue weighted by atomic mass is 19.1. The van der Waals surface area contributed by atoms with Crippen molar-refractivity contribution in [3.63, 3.8) is 0 Å². The molecule has 0 radical (unpaired) electrons. The molecule has 39 heavy (non-hydrogen) atoms. The molecule has 1 aliphatic rings. The summed E-state index contributed by atoms with van der Waals surface area (Å²) in [6, 6.07) is 12.8. The summed E-state index contributed by atoms with van der Waals surface area (Å²) in [4.78, 5) is 4.82. The van der Waals surface area contributed by atoms with E-state index in [-0.39, 0.29) is 17.2 Å². The van der Waals surface area contributed by atoms with E-state index in [0.29, 0.717) is 35.2 Å². The highest BCUT2D eigenvalue weighted by Gasteiger charge is 2.28. The molecule has 1 atom stereocenters. The SMILES string of the molecule is CCOc1cc2nc(N)c(C(CCn3cc(C(C)(C)C)nn3)C3CCOCC3)cc2cc1-c1ccccc1F. The third-order valence-corrected chi connectivity index (χ3v) is 7.65. The van der Waals surface area contributed by atoms with Crippen LogP contribution < -0.4 is 10.5 Å². The van der Waals surface area contributed by atoms with E-state index in [1.165, 1.54) is 6.07 Å². The van der Waals surface area contributed by atoms with Crippen LogP contribution in [-0.2, 0) is 16.7 Å². The van der Waals surface area contributed by atoms with E-state index in [1.54, 1.807) is 12.1 Å². The lowest BCUT2D eigenvalue weighted by molar-refractivity contribution is 0.0561. The molecule has 1 fully saturated rings. The number of ether oxygens (including phenoxy) is 2. The number of nitrogens with two attached hydrogens (primary N) is 1. The monoisotopic (exact) mass is 531 g/mol. The predicted octanol–water partition coefficient (Wildman–Crippen LogP) is 6.51. The van der Waals surface area contributed by atoms with E-state index >= 15 is 0 Å². The third kappa shape index (κ3) is 5.91. The van der Waals surface area contributed by atoms with Crippen molar-refractivity contribution in [2.24, 2.45) is 5.92 Å². The molecule has 8 heteroatoms. The summed E-state index contributed by atoms with van der Waals surface area (Å²) in [5, 5.41) is 9.69. The second kappa shape index (κ2) is 11.3. The first-order valence-electron chi connectivity index (χ1n) is 13.8. The number of fused-ring (bicyclic) bond motifs is 1. The molecule has 0 spiro atoms. The number of rotatable bonds is 8. The van der Waals surface area contributed by atoms with Gasteiger partial charge in [0.05, 0.1) is 17.8 Å². The number of aryl methyl sites for hydroxylation is 1. The number of nitrogen functional groups attached to an aromatic ring is 1. The summed E-state index contributed by atoms with van der Waals surface area (Å²) in [6.07, 6.45) is 4.83. The molecule has 2 aromatic carbocycles. The number of halogens is 1. The van der Waals surface area contributed by atoms with Crippen LogP contribution in [0.3, 0.4) is 0 Å². The van der Waals surface area contributed by atoms with Crippen molar-refractivity contribution < 1.29 is 13.9 Å². The van der Waals surface area contributed by atoms with Gasteiger partial charge in [-0.05, 0) is 61.8 Å². The molecule has 1 aliphatic heterocycles. The van der Waals surface area contributed by atoms with Crippen LogP contribution in [0.5, 0.6) is 5.75 Å². The highest BCUT2D eigenvalue weighted by molar-refractivity contribution is 5.90. The number of hydrogen-bond acceptors (Lipinski definition) is 6. The van der Waals surface area contributed by atoms with Crippen LogP contribution in [0.4, 0.5) is 10.2 Å². The van der Waals surface area contributed by atoms with Crippen LogP contribution in [-0.4, -0.2) is 39.8 Å². The number of anilines is 1. The Morgan fingerprint density at radius 2 is 1.90 bits per heavy atom. The minimum atomic E-state index is -0.288. The maximum atomic E-state index is 14.8. The second-order valence-corrected chi connectivity index (χ2v) is 11.4. The Morgan fingerprint density at radius 3 is 2.59 bits per heavy atom. The first-order valence-corrected chi connectivity index (χ1v) is 13.8. The van der Waals surface area contributed by atoms with Crippen molar-refractivity contribution in [1.82, 2.24) is 20.0 Å². The fraction of sp³-hybridized carbons (Fsp3) is 0.452. The number of nitrogens with zero attached hydrogens (tertiary/aromatic N) is 4. The van der Waals surface area contributed by atoms with Gasteiger partial charge in [0.15, 0.2) is 0 Å². The van der Waals surface area contributed by atoms with Gasteiger partial charge in [0.2, 0.25) is 0 Å². The molecular weight excluding hydrogens is 493 g/mol. The molecule has 1 saturated heterocycles. The van der Waals surface area contributed by atoms with Gasteiger partial charge in [-0.1, -0.05) is 44.2 Å². The average Bonchev–Trinajstić information content (AvgIpc) is 3.40. The van der Waals surface area contributed by atoms with Crippen molar-refractivity contribution in [3.8, 4) is 16.9 Å². The summed E-state index contributed by atoms with van der Waals surface area (Å²) in [6.45, 7) is 11.0. The first kappa shape index (κ1) is 27.1. The lowest BCUT2D eigenvalue weighted by Gasteiger charge is -2.31. The zero-order valence-electron chi connectivity index (χ0n) is 23.3. The Kier molecular flexibility index (Phi) is 7.84. The van der Waals surface area contributed by atoms with E-state index in [1.807, 2.05) is 36.0 Å². The highest BCUT2D eigenvalue weighted by Crippen LogP contribution is 2.41. The maximum Gasteiger partial charge on any atom is 0.131 e. The fourth-order valence-electron chi connectivity index (χ4n) is 5.48. The number of benzene rings is 2. The van der Waals surface area contributed by atoms with Gasteiger partial charge < -0.3 is 15.2 Å². The first-order chi connectivity index (χ1) is 18.7. The minimum absolute atomic E-state index is 0.0542. The van der Waals surface area contributed by atoms with Gasteiger partial charge in [0.25, 0.3) is 0 Å². The molecule has 2 aromatic heterocycles. The smallest absolute Gasteiger partial charge is 0.131 e. The molecule has 1 unspecified atom stereocenters. The van der Waals surface area contributed by atoms with Gasteiger partial charge in [0.1, 0.15) is 17.4 Å². The van der Waals surface area contributed by atoms with Crippen molar-refractivity contribution in [2.45, 2.75) is 64.8 Å². The zero-order chi connectivity index (χ0) is 27.6. The van der Waals surface area contributed by atoms with E-state index in [2.05, 4.69) is 37.1 Å². The molecule has 0 aliphatic carbocycles. The predicted molar refractivity (Wildman–Crippen MR) is 152 cm³/mol. The van der Waals surface area contributed by atoms with Crippen LogP contribution in [0.25, 0.3) is 22.0 Å². The van der Waals surface area contributed by atoms with Gasteiger partial charge >= 0.3 is 0 Å². The molecule has 0 amide bonds. The lowest BCUT2D eigenvalue weighted by Crippen LogP contribution is -2.24. The van der Waals surface area contributed by atoms with Crippen LogP contribution in [0.2, 0.25) is 0 Å². The van der Waals surface area contributed by atoms with E-state index in [4.69, 9.17) is 20.2 Å². The van der Waals surface area contributed by atoms with Crippen LogP contribution in [0, 0.1) is 11.7 Å². The van der Waals surface area contributed by atoms with Crippen molar-refractivity contribution >= 4 is 16.7 Å². The van der Waals surface area contributed by atoms with Gasteiger partial charge in [-0.15, -0.1) is 5.10 Å². The van der Waals surface area contributed by atoms with Gasteiger partial charge in [-0.25, -0.2) is 9.37 Å². The fourth-order valence-corrected chi connectivity index (χ4v) is 5.48. The van der Waals surface area contributed by atoms with E-state index in [0.717, 1.165) is 61.2 Å². The second-order valence-electron chi connectivity index (χ2n) is 11.4. The Bertz CT molecular complexity index is 1440. The molecule has 206 valence electrons. The van der Waals surface area contributed by atoms with Gasteiger partial charge in [0, 0.05) is 53.9 Å². The Labute approximate surface area is 229 Å². The van der Waals surface area contributed by atoms with Crippen LogP contribution in [0.1, 0.15) is 64.1 Å². The normalized spacial score (nSPS) is 15.5. The molecule has 5 rings (SSSR count). The summed E-state index contributed by atoms with van der Waals surface area (Å²) < 4.78 is 28.3. The maximum absolute atomic E-state index is 14.8. The molecule has 0 saturated carbocycles. The molecule has 4 aromatic rings. The topological polar surface area (TPSA) is 88.1 Å². The number of aromatic nitrogens is 4. The van der Waals surface area contributed by atoms with E-state index < -0.39 is 0 Å². The Hall–Kier alpha value is -3.52. The molecular formula is C31H38FN5O2. The standard InChI is InChI=1S/C31H38FN5O2/c1-5-39-28-18-27-21(16-24(28)23-8-6-7-9-26(23)32)17-25(30(33)34-27)22(20-11-14-38-15-12-20)10-13-37-19-29(35-36-37)31(2,3)4/h6-9,16-20,22H,5,10-15H2,1-4H3,(H2,33,34). The Morgan fingerprint density at radius 1 is 1.13 bits per heavy atom. The van der Waals surface area contributed by atoms with Crippen molar-refractivity contribution in [3.05, 3.63) is 65.7 Å². The molecule has 7 nitrogen and oxygen atoms in total. The van der Waals surface area contributed by atoms with Crippen LogP contribution >= 0.6 is 0 Å². The Balaban J connectivity index is 1.54. The summed E-state index contributed by atoms with van der Waals surface area (Å²) >= 11 is 0. The number of hydrogen-bond donors (Lipinski definition) is 1. The lowest BCUT2D eigenvalue weighted by atomic mass is 9.79. The van der Waals surface area contributed by atoms with Gasteiger partial charge in [-0.2, -0.15) is 0 Å². The van der Waals surface area contributed by atoms with Crippen LogP contribution in [0.15, 0.2) is 48.7 Å². The number of pyridine rings is 1. The van der Waals surface area contributed by atoms with Gasteiger partial charge in [-0.3, -0.25) is 4.68 Å². The quantitative estimate of drug-likeness (QED) is 0.279. The van der Waals surface area contributed by atoms with Crippen molar-refractivity contribution in [1.29, 1.82) is 0 Å². The minimum Gasteiger partial charge on any atom is -0.493 e.